The molecule has 1 aromatic rings. The molecule has 0 N–H and O–H groups in total. The van der Waals surface area contributed by atoms with Crippen LogP contribution in [0.1, 0.15) is 35.7 Å². The van der Waals surface area contributed by atoms with Gasteiger partial charge >= 0.3 is 0 Å². The standard InChI is InChI=1S/C13H17NO/c1-3-14(12-5-6-12)13-7-4-11(9-15)8-10(13)2/h4,7-9,12H,3,5-6H2,1-2H3. The van der Waals surface area contributed by atoms with Gasteiger partial charge in [-0.1, -0.05) is 0 Å². The maximum atomic E-state index is 10.6. The molecular weight excluding hydrogens is 186 g/mol. The van der Waals surface area contributed by atoms with Gasteiger partial charge in [0.05, 0.1) is 0 Å². The Balaban J connectivity index is 2.29. The van der Waals surface area contributed by atoms with Gasteiger partial charge in [-0.05, 0) is 50.5 Å². The van der Waals surface area contributed by atoms with Crippen molar-refractivity contribution in [2.75, 3.05) is 11.4 Å². The molecule has 2 nitrogen and oxygen atoms in total. The van der Waals surface area contributed by atoms with Gasteiger partial charge in [-0.3, -0.25) is 4.79 Å². The summed E-state index contributed by atoms with van der Waals surface area (Å²) in [6.07, 6.45) is 3.52. The lowest BCUT2D eigenvalue weighted by Gasteiger charge is -2.24. The highest BCUT2D eigenvalue weighted by Crippen LogP contribution is 2.33. The Bertz CT molecular complexity index is 369. The first-order chi connectivity index (χ1) is 7.26. The molecule has 2 rings (SSSR count). The van der Waals surface area contributed by atoms with E-state index in [0.29, 0.717) is 0 Å². The lowest BCUT2D eigenvalue weighted by atomic mass is 10.1. The second-order valence-electron chi connectivity index (χ2n) is 4.18. The van der Waals surface area contributed by atoms with E-state index in [1.807, 2.05) is 12.1 Å². The molecule has 0 bridgehead atoms. The fourth-order valence-corrected chi connectivity index (χ4v) is 2.09. The second kappa shape index (κ2) is 4.05. The first-order valence-electron chi connectivity index (χ1n) is 5.58. The van der Waals surface area contributed by atoms with Crippen molar-refractivity contribution in [3.63, 3.8) is 0 Å². The van der Waals surface area contributed by atoms with Gasteiger partial charge in [0.2, 0.25) is 0 Å². The number of hydrogen-bond donors (Lipinski definition) is 0. The summed E-state index contributed by atoms with van der Waals surface area (Å²) < 4.78 is 0. The summed E-state index contributed by atoms with van der Waals surface area (Å²) in [5.74, 6) is 0. The molecule has 1 aromatic carbocycles. The van der Waals surface area contributed by atoms with E-state index in [1.165, 1.54) is 24.1 Å². The fourth-order valence-electron chi connectivity index (χ4n) is 2.09. The molecule has 0 aromatic heterocycles. The van der Waals surface area contributed by atoms with E-state index in [9.17, 15) is 4.79 Å². The third kappa shape index (κ3) is 2.04. The molecule has 1 aliphatic rings. The molecule has 0 radical (unpaired) electrons. The van der Waals surface area contributed by atoms with Crippen LogP contribution in [0.5, 0.6) is 0 Å². The van der Waals surface area contributed by atoms with E-state index in [1.54, 1.807) is 0 Å². The van der Waals surface area contributed by atoms with Crippen LogP contribution < -0.4 is 4.90 Å². The van der Waals surface area contributed by atoms with Crippen molar-refractivity contribution in [2.24, 2.45) is 0 Å². The van der Waals surface area contributed by atoms with E-state index >= 15 is 0 Å². The maximum absolute atomic E-state index is 10.6. The van der Waals surface area contributed by atoms with Gasteiger partial charge < -0.3 is 4.90 Å². The van der Waals surface area contributed by atoms with Crippen molar-refractivity contribution in [1.29, 1.82) is 0 Å². The quantitative estimate of drug-likeness (QED) is 0.701. The van der Waals surface area contributed by atoms with E-state index < -0.39 is 0 Å². The van der Waals surface area contributed by atoms with Gasteiger partial charge in [-0.25, -0.2) is 0 Å². The number of carbonyl (C=O) groups excluding carboxylic acids is 1. The lowest BCUT2D eigenvalue weighted by Crippen LogP contribution is -2.25. The number of aryl methyl sites for hydroxylation is 1. The number of hydrogen-bond acceptors (Lipinski definition) is 2. The van der Waals surface area contributed by atoms with Gasteiger partial charge in [0.25, 0.3) is 0 Å². The highest BCUT2D eigenvalue weighted by atomic mass is 16.1. The maximum Gasteiger partial charge on any atom is 0.150 e. The molecule has 0 spiro atoms. The number of carbonyl (C=O) groups is 1. The first-order valence-corrected chi connectivity index (χ1v) is 5.58. The minimum atomic E-state index is 0.732. The summed E-state index contributed by atoms with van der Waals surface area (Å²) >= 11 is 0. The van der Waals surface area contributed by atoms with Gasteiger partial charge in [0.1, 0.15) is 6.29 Å². The van der Waals surface area contributed by atoms with Crippen molar-refractivity contribution in [2.45, 2.75) is 32.7 Å². The zero-order valence-corrected chi connectivity index (χ0v) is 9.36. The molecule has 15 heavy (non-hydrogen) atoms. The topological polar surface area (TPSA) is 20.3 Å². The van der Waals surface area contributed by atoms with Crippen molar-refractivity contribution < 1.29 is 4.79 Å². The molecule has 0 heterocycles. The third-order valence-corrected chi connectivity index (χ3v) is 2.99. The van der Waals surface area contributed by atoms with Crippen LogP contribution in [0.3, 0.4) is 0 Å². The van der Waals surface area contributed by atoms with Gasteiger partial charge in [-0.15, -0.1) is 0 Å². The van der Waals surface area contributed by atoms with Gasteiger partial charge in [0.15, 0.2) is 0 Å². The van der Waals surface area contributed by atoms with E-state index in [4.69, 9.17) is 0 Å². The predicted octanol–water partition coefficient (Wildman–Crippen LogP) is 2.80. The molecule has 1 fully saturated rings. The fraction of sp³-hybridized carbons (Fsp3) is 0.462. The van der Waals surface area contributed by atoms with Gasteiger partial charge in [-0.2, -0.15) is 0 Å². The van der Waals surface area contributed by atoms with Crippen LogP contribution in [0.15, 0.2) is 18.2 Å². The van der Waals surface area contributed by atoms with Gasteiger partial charge in [0, 0.05) is 23.8 Å². The Labute approximate surface area is 90.9 Å². The molecule has 0 atom stereocenters. The molecule has 1 aliphatic carbocycles. The average Bonchev–Trinajstić information content (AvgIpc) is 3.05. The smallest absolute Gasteiger partial charge is 0.150 e. The second-order valence-corrected chi connectivity index (χ2v) is 4.18. The molecule has 0 unspecified atom stereocenters. The Morgan fingerprint density at radius 3 is 2.67 bits per heavy atom. The number of anilines is 1. The van der Waals surface area contributed by atoms with Crippen LogP contribution in [-0.2, 0) is 0 Å². The average molecular weight is 203 g/mol. The normalized spacial score (nSPS) is 15.1. The van der Waals surface area contributed by atoms with Crippen molar-refractivity contribution in [3.8, 4) is 0 Å². The van der Waals surface area contributed by atoms with Crippen LogP contribution >= 0.6 is 0 Å². The molecule has 0 aliphatic heterocycles. The largest absolute Gasteiger partial charge is 0.369 e. The summed E-state index contributed by atoms with van der Waals surface area (Å²) in [6, 6.07) is 6.67. The third-order valence-electron chi connectivity index (χ3n) is 2.99. The van der Waals surface area contributed by atoms with Crippen LogP contribution in [0.4, 0.5) is 5.69 Å². The Hall–Kier alpha value is -1.31. The number of benzene rings is 1. The molecule has 0 amide bonds. The zero-order chi connectivity index (χ0) is 10.8. The summed E-state index contributed by atoms with van der Waals surface area (Å²) in [5, 5.41) is 0. The van der Waals surface area contributed by atoms with E-state index in [-0.39, 0.29) is 0 Å². The van der Waals surface area contributed by atoms with Crippen LogP contribution in [0.25, 0.3) is 0 Å². The Morgan fingerprint density at radius 1 is 1.47 bits per heavy atom. The van der Waals surface area contributed by atoms with Crippen molar-refractivity contribution >= 4 is 12.0 Å². The SMILES string of the molecule is CCN(c1ccc(C=O)cc1C)C1CC1. The summed E-state index contributed by atoms with van der Waals surface area (Å²) in [5.41, 5.74) is 3.25. The minimum absolute atomic E-state index is 0.732. The highest BCUT2D eigenvalue weighted by molar-refractivity contribution is 5.77. The van der Waals surface area contributed by atoms with Crippen molar-refractivity contribution in [3.05, 3.63) is 29.3 Å². The molecule has 2 heteroatoms. The van der Waals surface area contributed by atoms with E-state index in [0.717, 1.165) is 24.4 Å². The lowest BCUT2D eigenvalue weighted by molar-refractivity contribution is 0.112. The van der Waals surface area contributed by atoms with E-state index in [2.05, 4.69) is 24.8 Å². The van der Waals surface area contributed by atoms with Crippen LogP contribution in [0, 0.1) is 6.92 Å². The monoisotopic (exact) mass is 203 g/mol. The summed E-state index contributed by atoms with van der Waals surface area (Å²) in [6.45, 7) is 5.31. The number of rotatable bonds is 4. The Morgan fingerprint density at radius 2 is 2.20 bits per heavy atom. The zero-order valence-electron chi connectivity index (χ0n) is 9.36. The highest BCUT2D eigenvalue weighted by Gasteiger charge is 2.28. The molecule has 0 saturated heterocycles. The molecule has 80 valence electrons. The van der Waals surface area contributed by atoms with Crippen molar-refractivity contribution in [1.82, 2.24) is 0 Å². The van der Waals surface area contributed by atoms with Crippen LogP contribution in [-0.4, -0.2) is 18.9 Å². The number of nitrogens with zero attached hydrogens (tertiary/aromatic N) is 1. The first kappa shape index (κ1) is 10.2. The Kier molecular flexibility index (Phi) is 2.76. The van der Waals surface area contributed by atoms with Crippen LogP contribution in [0.2, 0.25) is 0 Å². The number of aldehydes is 1. The summed E-state index contributed by atoms with van der Waals surface area (Å²) in [7, 11) is 0. The predicted molar refractivity (Wildman–Crippen MR) is 62.6 cm³/mol. The minimum Gasteiger partial charge on any atom is -0.369 e. The molecular formula is C13H17NO. The molecule has 1 saturated carbocycles. The summed E-state index contributed by atoms with van der Waals surface area (Å²) in [4.78, 5) is 13.1.